The molecule has 1 N–H and O–H groups in total. The normalized spacial score (nSPS) is 14.6. The molecule has 8 heteroatoms. The van der Waals surface area contributed by atoms with E-state index in [1.165, 1.54) is 0 Å². The minimum Gasteiger partial charge on any atom is -0.481 e. The van der Waals surface area contributed by atoms with Crippen molar-refractivity contribution in [2.24, 2.45) is 5.92 Å². The Balaban J connectivity index is 4.61. The first-order valence-corrected chi connectivity index (χ1v) is 6.92. The van der Waals surface area contributed by atoms with Crippen molar-refractivity contribution >= 4 is 15.8 Å². The number of hydrogen-bond donors (Lipinski definition) is 1. The van der Waals surface area contributed by atoms with Gasteiger partial charge in [-0.1, -0.05) is 19.8 Å². The Kier molecular flexibility index (Phi) is 5.94. The van der Waals surface area contributed by atoms with E-state index < -0.39 is 39.4 Å². The molecular formula is C9H15F3O4S. The van der Waals surface area contributed by atoms with Crippen LogP contribution in [0, 0.1) is 5.92 Å². The first kappa shape index (κ1) is 16.2. The zero-order chi connectivity index (χ0) is 13.7. The predicted molar refractivity (Wildman–Crippen MR) is 55.4 cm³/mol. The maximum Gasteiger partial charge on any atom is 0.403 e. The highest BCUT2D eigenvalue weighted by molar-refractivity contribution is 7.91. The molecule has 0 aliphatic rings. The lowest BCUT2D eigenvalue weighted by molar-refractivity contribution is -0.189. The molecule has 0 heterocycles. The standard InChI is InChI=1S/C9H15F3O4S/c1-2-3-4-5-17(15,16)6-7(8(13)14)9(10,11)12/h7H,2-6H2,1H3,(H,13,14). The summed E-state index contributed by atoms with van der Waals surface area (Å²) in [7, 11) is -3.98. The van der Waals surface area contributed by atoms with Crippen molar-refractivity contribution in [3.8, 4) is 0 Å². The molecule has 1 atom stereocenters. The summed E-state index contributed by atoms with van der Waals surface area (Å²) >= 11 is 0. The summed E-state index contributed by atoms with van der Waals surface area (Å²) in [6, 6.07) is 0. The fourth-order valence-electron chi connectivity index (χ4n) is 1.22. The number of unbranched alkanes of at least 4 members (excludes halogenated alkanes) is 2. The van der Waals surface area contributed by atoms with Gasteiger partial charge in [-0.2, -0.15) is 13.2 Å². The van der Waals surface area contributed by atoms with Gasteiger partial charge in [0, 0.05) is 0 Å². The van der Waals surface area contributed by atoms with Crippen LogP contribution < -0.4 is 0 Å². The second kappa shape index (κ2) is 6.23. The number of halogens is 3. The highest BCUT2D eigenvalue weighted by Gasteiger charge is 2.47. The van der Waals surface area contributed by atoms with E-state index in [0.29, 0.717) is 6.42 Å². The second-order valence-corrected chi connectivity index (χ2v) is 5.98. The summed E-state index contributed by atoms with van der Waals surface area (Å²) in [6.45, 7) is 1.82. The van der Waals surface area contributed by atoms with Gasteiger partial charge >= 0.3 is 12.1 Å². The third-order valence-corrected chi connectivity index (χ3v) is 3.92. The lowest BCUT2D eigenvalue weighted by atomic mass is 10.2. The number of sulfone groups is 1. The van der Waals surface area contributed by atoms with E-state index in [-0.39, 0.29) is 6.42 Å². The van der Waals surface area contributed by atoms with E-state index >= 15 is 0 Å². The van der Waals surface area contributed by atoms with Crippen molar-refractivity contribution in [3.63, 3.8) is 0 Å². The Labute approximate surface area is 97.7 Å². The van der Waals surface area contributed by atoms with Gasteiger partial charge in [0.15, 0.2) is 15.8 Å². The first-order chi connectivity index (χ1) is 7.60. The minimum absolute atomic E-state index is 0.253. The fourth-order valence-corrected chi connectivity index (χ4v) is 2.87. The van der Waals surface area contributed by atoms with E-state index in [9.17, 15) is 26.4 Å². The molecule has 4 nitrogen and oxygen atoms in total. The largest absolute Gasteiger partial charge is 0.481 e. The van der Waals surface area contributed by atoms with Crippen molar-refractivity contribution in [1.82, 2.24) is 0 Å². The van der Waals surface area contributed by atoms with Gasteiger partial charge in [-0.3, -0.25) is 4.79 Å². The SMILES string of the molecule is CCCCCS(=O)(=O)CC(C(=O)O)C(F)(F)F. The molecule has 0 saturated carbocycles. The Hall–Kier alpha value is -0.790. The molecule has 0 fully saturated rings. The molecule has 102 valence electrons. The Bertz CT molecular complexity index is 348. The van der Waals surface area contributed by atoms with Gasteiger partial charge in [-0.15, -0.1) is 0 Å². The van der Waals surface area contributed by atoms with Crippen LogP contribution in [0.2, 0.25) is 0 Å². The fraction of sp³-hybridized carbons (Fsp3) is 0.889. The molecule has 0 saturated heterocycles. The topological polar surface area (TPSA) is 71.4 Å². The molecular weight excluding hydrogens is 261 g/mol. The van der Waals surface area contributed by atoms with Crippen LogP contribution in [0.5, 0.6) is 0 Å². The van der Waals surface area contributed by atoms with E-state index in [0.717, 1.165) is 6.42 Å². The average molecular weight is 276 g/mol. The molecule has 0 aliphatic heterocycles. The zero-order valence-electron chi connectivity index (χ0n) is 9.33. The second-order valence-electron chi connectivity index (χ2n) is 3.75. The highest BCUT2D eigenvalue weighted by atomic mass is 32.2. The number of carboxylic acid groups (broad SMARTS) is 1. The molecule has 0 amide bonds. The molecule has 0 bridgehead atoms. The molecule has 0 aromatic rings. The van der Waals surface area contributed by atoms with Crippen LogP contribution in [0.4, 0.5) is 13.2 Å². The summed E-state index contributed by atoms with van der Waals surface area (Å²) in [4.78, 5) is 10.4. The molecule has 0 radical (unpaired) electrons. The van der Waals surface area contributed by atoms with Gasteiger partial charge in [0.05, 0.1) is 11.5 Å². The Morgan fingerprint density at radius 3 is 2.18 bits per heavy atom. The molecule has 0 aromatic heterocycles. The smallest absolute Gasteiger partial charge is 0.403 e. The summed E-state index contributed by atoms with van der Waals surface area (Å²) in [5, 5.41) is 8.36. The Morgan fingerprint density at radius 1 is 1.29 bits per heavy atom. The minimum atomic E-state index is -5.04. The van der Waals surface area contributed by atoms with Crippen LogP contribution in [-0.4, -0.2) is 37.2 Å². The number of rotatable bonds is 7. The predicted octanol–water partition coefficient (Wildman–Crippen LogP) is 1.85. The van der Waals surface area contributed by atoms with Crippen LogP contribution in [0.3, 0.4) is 0 Å². The van der Waals surface area contributed by atoms with Gasteiger partial charge in [-0.05, 0) is 6.42 Å². The third kappa shape index (κ3) is 6.50. The van der Waals surface area contributed by atoms with Crippen molar-refractivity contribution in [3.05, 3.63) is 0 Å². The molecule has 0 aliphatic carbocycles. The van der Waals surface area contributed by atoms with E-state index in [1.807, 2.05) is 6.92 Å². The summed E-state index contributed by atoms with van der Waals surface area (Å²) < 4.78 is 59.3. The first-order valence-electron chi connectivity index (χ1n) is 5.10. The van der Waals surface area contributed by atoms with Crippen molar-refractivity contribution in [2.45, 2.75) is 32.4 Å². The Morgan fingerprint density at radius 2 is 1.82 bits per heavy atom. The van der Waals surface area contributed by atoms with Crippen LogP contribution in [-0.2, 0) is 14.6 Å². The van der Waals surface area contributed by atoms with Gasteiger partial charge in [0.25, 0.3) is 0 Å². The number of aliphatic carboxylic acids is 1. The number of alkyl halides is 3. The molecule has 17 heavy (non-hydrogen) atoms. The van der Waals surface area contributed by atoms with E-state index in [1.54, 1.807) is 0 Å². The number of hydrogen-bond acceptors (Lipinski definition) is 3. The van der Waals surface area contributed by atoms with Gasteiger partial charge in [0.1, 0.15) is 0 Å². The summed E-state index contributed by atoms with van der Waals surface area (Å²) in [6.07, 6.45) is -3.47. The molecule has 1 unspecified atom stereocenters. The maximum atomic E-state index is 12.2. The summed E-state index contributed by atoms with van der Waals surface area (Å²) in [5.41, 5.74) is 0. The van der Waals surface area contributed by atoms with Crippen LogP contribution in [0.1, 0.15) is 26.2 Å². The quantitative estimate of drug-likeness (QED) is 0.720. The van der Waals surface area contributed by atoms with Crippen molar-refractivity contribution < 1.29 is 31.5 Å². The van der Waals surface area contributed by atoms with Gasteiger partial charge in [0.2, 0.25) is 0 Å². The van der Waals surface area contributed by atoms with Crippen LogP contribution >= 0.6 is 0 Å². The van der Waals surface area contributed by atoms with Crippen molar-refractivity contribution in [1.29, 1.82) is 0 Å². The highest BCUT2D eigenvalue weighted by Crippen LogP contribution is 2.28. The van der Waals surface area contributed by atoms with E-state index in [2.05, 4.69) is 0 Å². The monoisotopic (exact) mass is 276 g/mol. The van der Waals surface area contributed by atoms with Gasteiger partial charge in [-0.25, -0.2) is 8.42 Å². The average Bonchev–Trinajstić information content (AvgIpc) is 2.12. The van der Waals surface area contributed by atoms with Crippen LogP contribution in [0.15, 0.2) is 0 Å². The zero-order valence-corrected chi connectivity index (χ0v) is 10.1. The third-order valence-electron chi connectivity index (χ3n) is 2.17. The van der Waals surface area contributed by atoms with E-state index in [4.69, 9.17) is 5.11 Å². The molecule has 0 rings (SSSR count). The lowest BCUT2D eigenvalue weighted by Gasteiger charge is -2.15. The van der Waals surface area contributed by atoms with Crippen LogP contribution in [0.25, 0.3) is 0 Å². The molecule has 0 spiro atoms. The number of carbonyl (C=O) groups is 1. The molecule has 0 aromatic carbocycles. The maximum absolute atomic E-state index is 12.2. The number of carboxylic acids is 1. The van der Waals surface area contributed by atoms with Crippen molar-refractivity contribution in [2.75, 3.05) is 11.5 Å². The summed E-state index contributed by atoms with van der Waals surface area (Å²) in [5.74, 6) is -6.78. The lowest BCUT2D eigenvalue weighted by Crippen LogP contribution is -2.37. The van der Waals surface area contributed by atoms with Gasteiger partial charge < -0.3 is 5.11 Å².